The molecule has 3 aromatic rings. The maximum absolute atomic E-state index is 13.1. The van der Waals surface area contributed by atoms with Crippen LogP contribution in [0.1, 0.15) is 5.56 Å². The predicted molar refractivity (Wildman–Crippen MR) is 103 cm³/mol. The van der Waals surface area contributed by atoms with Crippen LogP contribution in [-0.2, 0) is 11.8 Å². The summed E-state index contributed by atoms with van der Waals surface area (Å²) in [6.07, 6.45) is 0. The number of benzene rings is 2. The summed E-state index contributed by atoms with van der Waals surface area (Å²) in [5.41, 5.74) is 2.29. The summed E-state index contributed by atoms with van der Waals surface area (Å²) >= 11 is 1.30. The Balaban J connectivity index is 1.75. The number of hydrogen-bond acceptors (Lipinski definition) is 6. The van der Waals surface area contributed by atoms with Crippen LogP contribution in [0.15, 0.2) is 58.0 Å². The van der Waals surface area contributed by atoms with Crippen molar-refractivity contribution in [3.05, 3.63) is 74.1 Å². The van der Waals surface area contributed by atoms with E-state index in [2.05, 4.69) is 15.5 Å². The lowest BCUT2D eigenvalue weighted by Crippen LogP contribution is -2.15. The van der Waals surface area contributed by atoms with Crippen molar-refractivity contribution in [3.63, 3.8) is 0 Å². The van der Waals surface area contributed by atoms with Crippen LogP contribution in [0.25, 0.3) is 11.3 Å². The predicted octanol–water partition coefficient (Wildman–Crippen LogP) is 3.06. The van der Waals surface area contributed by atoms with Gasteiger partial charge in [0.25, 0.3) is 11.6 Å². The highest BCUT2D eigenvalue weighted by molar-refractivity contribution is 7.07. The molecule has 1 aliphatic rings. The number of fused-ring (bicyclic) bond motifs is 1. The highest BCUT2D eigenvalue weighted by atomic mass is 32.1. The fourth-order valence-corrected chi connectivity index (χ4v) is 3.64. The van der Waals surface area contributed by atoms with E-state index >= 15 is 0 Å². The van der Waals surface area contributed by atoms with Crippen molar-refractivity contribution >= 4 is 34.3 Å². The van der Waals surface area contributed by atoms with E-state index in [0.29, 0.717) is 16.1 Å². The molecule has 0 spiro atoms. The van der Waals surface area contributed by atoms with E-state index in [-0.39, 0.29) is 17.2 Å². The number of halogens is 1. The van der Waals surface area contributed by atoms with Gasteiger partial charge >= 0.3 is 0 Å². The first kappa shape index (κ1) is 17.7. The van der Waals surface area contributed by atoms with Gasteiger partial charge in [-0.15, -0.1) is 21.5 Å². The lowest BCUT2D eigenvalue weighted by molar-refractivity contribution is -0.384. The zero-order valence-corrected chi connectivity index (χ0v) is 15.2. The van der Waals surface area contributed by atoms with Crippen LogP contribution in [0, 0.1) is 15.9 Å². The van der Waals surface area contributed by atoms with Crippen LogP contribution in [0.4, 0.5) is 15.8 Å². The van der Waals surface area contributed by atoms with Gasteiger partial charge in [0, 0.05) is 30.1 Å². The molecule has 0 fully saturated rings. The molecule has 0 unspecified atom stereocenters. The quantitative estimate of drug-likeness (QED) is 0.543. The Morgan fingerprint density at radius 3 is 2.64 bits per heavy atom. The number of non-ortho nitro benzene ring substituents is 1. The minimum atomic E-state index is -0.536. The molecule has 0 saturated heterocycles. The molecule has 0 radical (unpaired) electrons. The first-order valence-electron chi connectivity index (χ1n) is 8.06. The Labute approximate surface area is 161 Å². The second kappa shape index (κ2) is 6.82. The van der Waals surface area contributed by atoms with Crippen molar-refractivity contribution in [3.8, 4) is 11.3 Å². The maximum atomic E-state index is 13.1. The number of nitrogens with zero attached hydrogens (tertiary/aromatic N) is 4. The minimum Gasteiger partial charge on any atom is -0.320 e. The number of nitro groups is 1. The van der Waals surface area contributed by atoms with E-state index in [1.807, 2.05) is 5.38 Å². The zero-order valence-electron chi connectivity index (χ0n) is 14.4. The molecule has 0 atom stereocenters. The number of carbonyl (C=O) groups excluding carboxylic acids is 1. The van der Waals surface area contributed by atoms with Gasteiger partial charge in [-0.1, -0.05) is 0 Å². The monoisotopic (exact) mass is 397 g/mol. The number of aromatic nitrogens is 1. The summed E-state index contributed by atoms with van der Waals surface area (Å²) in [7, 11) is 1.78. The van der Waals surface area contributed by atoms with E-state index in [4.69, 9.17) is 0 Å². The number of carbonyl (C=O) groups is 1. The summed E-state index contributed by atoms with van der Waals surface area (Å²) in [5.74, 6) is -0.796. The number of hydrogen-bond donors (Lipinski definition) is 1. The molecular weight excluding hydrogens is 385 g/mol. The molecular formula is C18H12FN5O3S. The van der Waals surface area contributed by atoms with Crippen LogP contribution >= 0.6 is 11.3 Å². The van der Waals surface area contributed by atoms with Crippen molar-refractivity contribution < 1.29 is 14.1 Å². The highest BCUT2D eigenvalue weighted by Crippen LogP contribution is 2.27. The molecule has 1 aliphatic heterocycles. The van der Waals surface area contributed by atoms with Crippen LogP contribution in [0.3, 0.4) is 0 Å². The van der Waals surface area contributed by atoms with E-state index in [1.165, 1.54) is 41.7 Å². The highest BCUT2D eigenvalue weighted by Gasteiger charge is 2.28. The topological polar surface area (TPSA) is 102 Å². The summed E-state index contributed by atoms with van der Waals surface area (Å²) < 4.78 is 14.9. The van der Waals surface area contributed by atoms with Gasteiger partial charge in [-0.3, -0.25) is 14.9 Å². The van der Waals surface area contributed by atoms with Gasteiger partial charge in [0.2, 0.25) is 4.80 Å². The molecule has 1 amide bonds. The van der Waals surface area contributed by atoms with Gasteiger partial charge < -0.3 is 9.88 Å². The van der Waals surface area contributed by atoms with Crippen molar-refractivity contribution in [2.45, 2.75) is 0 Å². The van der Waals surface area contributed by atoms with Gasteiger partial charge in [0.15, 0.2) is 5.71 Å². The first-order valence-corrected chi connectivity index (χ1v) is 8.94. The van der Waals surface area contributed by atoms with Crippen LogP contribution in [-0.4, -0.2) is 21.1 Å². The molecule has 4 rings (SSSR count). The summed E-state index contributed by atoms with van der Waals surface area (Å²) in [6, 6.07) is 10.1. The average Bonchev–Trinajstić information content (AvgIpc) is 3.19. The Hall–Kier alpha value is -3.66. The third kappa shape index (κ3) is 3.09. The molecule has 140 valence electrons. The third-order valence-electron chi connectivity index (χ3n) is 4.23. The second-order valence-electron chi connectivity index (χ2n) is 5.96. The standard InChI is InChI=1S/C18H12FN5O3S/c1-23-15(10-2-4-11(19)5-3-10)9-28-18(23)22-21-16-13-8-12(24(26)27)6-7-14(13)20-17(16)25/h2-9H,1H3,(H,20,21,25)/b22-18+. The van der Waals surface area contributed by atoms with Crippen molar-refractivity contribution in [2.75, 3.05) is 5.32 Å². The second-order valence-corrected chi connectivity index (χ2v) is 6.80. The van der Waals surface area contributed by atoms with Gasteiger partial charge in [-0.05, 0) is 35.9 Å². The van der Waals surface area contributed by atoms with Crippen LogP contribution in [0.5, 0.6) is 0 Å². The Morgan fingerprint density at radius 1 is 1.18 bits per heavy atom. The number of anilines is 1. The normalized spacial score (nSPS) is 15.0. The molecule has 10 heteroatoms. The van der Waals surface area contributed by atoms with Crippen LogP contribution in [0.2, 0.25) is 0 Å². The summed E-state index contributed by atoms with van der Waals surface area (Å²) in [6.45, 7) is 0. The molecule has 8 nitrogen and oxygen atoms in total. The smallest absolute Gasteiger partial charge is 0.276 e. The number of nitro benzene ring substituents is 1. The van der Waals surface area contributed by atoms with Crippen molar-refractivity contribution in [1.82, 2.24) is 4.57 Å². The maximum Gasteiger partial charge on any atom is 0.276 e. The first-order chi connectivity index (χ1) is 13.4. The lowest BCUT2D eigenvalue weighted by atomic mass is 10.1. The van der Waals surface area contributed by atoms with Gasteiger partial charge in [0.1, 0.15) is 5.82 Å². The molecule has 0 aliphatic carbocycles. The number of thiazole rings is 1. The third-order valence-corrected chi connectivity index (χ3v) is 5.14. The number of amides is 1. The molecule has 1 aromatic heterocycles. The molecule has 2 aromatic carbocycles. The van der Waals surface area contributed by atoms with E-state index < -0.39 is 10.8 Å². The zero-order chi connectivity index (χ0) is 19.8. The van der Waals surface area contributed by atoms with E-state index in [0.717, 1.165) is 11.3 Å². The van der Waals surface area contributed by atoms with Crippen LogP contribution < -0.4 is 10.1 Å². The molecule has 1 N–H and O–H groups in total. The summed E-state index contributed by atoms with van der Waals surface area (Å²) in [4.78, 5) is 23.1. The molecule has 28 heavy (non-hydrogen) atoms. The van der Waals surface area contributed by atoms with E-state index in [1.54, 1.807) is 23.7 Å². The van der Waals surface area contributed by atoms with Gasteiger partial charge in [0.05, 0.1) is 16.3 Å². The molecule has 2 heterocycles. The summed E-state index contributed by atoms with van der Waals surface area (Å²) in [5, 5.41) is 23.6. The van der Waals surface area contributed by atoms with E-state index in [9.17, 15) is 19.3 Å². The largest absolute Gasteiger partial charge is 0.320 e. The average molecular weight is 397 g/mol. The Kier molecular flexibility index (Phi) is 4.32. The SMILES string of the molecule is Cn1c(-c2ccc(F)cc2)cs/c1=N/N=C1\C(=O)Nc2ccc([N+](=O)[O-])cc21. The van der Waals surface area contributed by atoms with Gasteiger partial charge in [-0.2, -0.15) is 0 Å². The van der Waals surface area contributed by atoms with Crippen molar-refractivity contribution in [1.29, 1.82) is 0 Å². The Morgan fingerprint density at radius 2 is 1.93 bits per heavy atom. The minimum absolute atomic E-state index is 0.00966. The number of nitrogens with one attached hydrogen (secondary N) is 1. The fraction of sp³-hybridized carbons (Fsp3) is 0.0556. The molecule has 0 bridgehead atoms. The van der Waals surface area contributed by atoms with Gasteiger partial charge in [-0.25, -0.2) is 4.39 Å². The number of rotatable bonds is 3. The Bertz CT molecular complexity index is 1210. The fourth-order valence-electron chi connectivity index (χ4n) is 2.79. The lowest BCUT2D eigenvalue weighted by Gasteiger charge is -2.02. The van der Waals surface area contributed by atoms with Crippen molar-refractivity contribution in [2.24, 2.45) is 17.3 Å². The molecule has 0 saturated carbocycles.